The monoisotopic (exact) mass is 328 g/mol. The molecule has 0 saturated carbocycles. The number of hydrogen-bond acceptors (Lipinski definition) is 6. The summed E-state index contributed by atoms with van der Waals surface area (Å²) in [6.07, 6.45) is 1.49. The third kappa shape index (κ3) is 3.57. The maximum absolute atomic E-state index is 12.9. The Kier molecular flexibility index (Phi) is 4.51. The number of carbonyl (C=O) groups is 1. The van der Waals surface area contributed by atoms with Crippen molar-refractivity contribution >= 4 is 5.97 Å². The van der Waals surface area contributed by atoms with Crippen LogP contribution < -0.4 is 4.74 Å². The summed E-state index contributed by atoms with van der Waals surface area (Å²) in [6.45, 7) is -0.140. The van der Waals surface area contributed by atoms with Crippen molar-refractivity contribution in [2.24, 2.45) is 0 Å². The van der Waals surface area contributed by atoms with E-state index in [1.807, 2.05) is 0 Å². The molecule has 0 amide bonds. The molecule has 0 fully saturated rings. The van der Waals surface area contributed by atoms with E-state index in [9.17, 15) is 9.18 Å². The highest BCUT2D eigenvalue weighted by molar-refractivity contribution is 5.87. The molecule has 24 heavy (non-hydrogen) atoms. The lowest BCUT2D eigenvalue weighted by Crippen LogP contribution is -2.08. The second-order valence-corrected chi connectivity index (χ2v) is 4.77. The van der Waals surface area contributed by atoms with Gasteiger partial charge in [-0.1, -0.05) is 6.07 Å². The van der Waals surface area contributed by atoms with E-state index in [4.69, 9.17) is 13.9 Å². The fraction of sp³-hybridized carbons (Fsp3) is 0.118. The SMILES string of the molecule is COc1cccc(C(=O)OCc2ncc(-c3ccc(F)cc3)o2)n1. The fourth-order valence-electron chi connectivity index (χ4n) is 1.97. The van der Waals surface area contributed by atoms with Gasteiger partial charge in [-0.25, -0.2) is 19.2 Å². The highest BCUT2D eigenvalue weighted by Crippen LogP contribution is 2.21. The maximum atomic E-state index is 12.9. The minimum absolute atomic E-state index is 0.125. The Bertz CT molecular complexity index is 846. The molecule has 0 aliphatic rings. The van der Waals surface area contributed by atoms with Crippen LogP contribution in [0.4, 0.5) is 4.39 Å². The third-order valence-corrected chi connectivity index (χ3v) is 3.15. The second kappa shape index (κ2) is 6.91. The summed E-state index contributed by atoms with van der Waals surface area (Å²) in [5.74, 6) is 0.0546. The smallest absolute Gasteiger partial charge is 0.357 e. The average molecular weight is 328 g/mol. The molecular formula is C17H13FN2O4. The van der Waals surface area contributed by atoms with Crippen molar-refractivity contribution in [2.75, 3.05) is 7.11 Å². The lowest BCUT2D eigenvalue weighted by molar-refractivity contribution is 0.0431. The van der Waals surface area contributed by atoms with Crippen LogP contribution in [0.3, 0.4) is 0 Å². The van der Waals surface area contributed by atoms with Crippen molar-refractivity contribution in [1.29, 1.82) is 0 Å². The van der Waals surface area contributed by atoms with Gasteiger partial charge in [-0.05, 0) is 30.3 Å². The molecule has 0 aliphatic carbocycles. The number of rotatable bonds is 5. The minimum atomic E-state index is -0.615. The van der Waals surface area contributed by atoms with Crippen LogP contribution in [0.15, 0.2) is 53.1 Å². The first-order valence-electron chi connectivity index (χ1n) is 7.04. The van der Waals surface area contributed by atoms with Crippen LogP contribution in [0, 0.1) is 5.82 Å². The Morgan fingerprint density at radius 1 is 1.21 bits per heavy atom. The molecule has 3 aromatic rings. The Morgan fingerprint density at radius 2 is 2.00 bits per heavy atom. The molecule has 0 aliphatic heterocycles. The van der Waals surface area contributed by atoms with Crippen LogP contribution >= 0.6 is 0 Å². The number of oxazole rings is 1. The van der Waals surface area contributed by atoms with Gasteiger partial charge in [-0.15, -0.1) is 0 Å². The molecule has 122 valence electrons. The molecule has 0 spiro atoms. The average Bonchev–Trinajstić information content (AvgIpc) is 3.09. The van der Waals surface area contributed by atoms with Crippen molar-refractivity contribution in [3.05, 3.63) is 66.1 Å². The van der Waals surface area contributed by atoms with Gasteiger partial charge < -0.3 is 13.9 Å². The first kappa shape index (κ1) is 15.7. The number of pyridine rings is 1. The van der Waals surface area contributed by atoms with E-state index in [1.54, 1.807) is 24.3 Å². The van der Waals surface area contributed by atoms with Gasteiger partial charge in [-0.2, -0.15) is 0 Å². The van der Waals surface area contributed by atoms with Crippen molar-refractivity contribution in [3.8, 4) is 17.2 Å². The van der Waals surface area contributed by atoms with Crippen LogP contribution in [0.5, 0.6) is 5.88 Å². The predicted molar refractivity (Wildman–Crippen MR) is 81.8 cm³/mol. The summed E-state index contributed by atoms with van der Waals surface area (Å²) in [7, 11) is 1.46. The molecule has 0 saturated heterocycles. The lowest BCUT2D eigenvalue weighted by atomic mass is 10.2. The zero-order chi connectivity index (χ0) is 16.9. The number of carbonyl (C=O) groups excluding carboxylic acids is 1. The van der Waals surface area contributed by atoms with E-state index in [0.29, 0.717) is 17.2 Å². The highest BCUT2D eigenvalue weighted by Gasteiger charge is 2.13. The van der Waals surface area contributed by atoms with Gasteiger partial charge >= 0.3 is 5.97 Å². The molecule has 0 unspecified atom stereocenters. The third-order valence-electron chi connectivity index (χ3n) is 3.15. The number of aromatic nitrogens is 2. The Balaban J connectivity index is 1.64. The highest BCUT2D eigenvalue weighted by atomic mass is 19.1. The molecule has 0 bridgehead atoms. The maximum Gasteiger partial charge on any atom is 0.357 e. The van der Waals surface area contributed by atoms with Gasteiger partial charge in [0.2, 0.25) is 11.8 Å². The normalized spacial score (nSPS) is 10.4. The number of hydrogen-bond donors (Lipinski definition) is 0. The van der Waals surface area contributed by atoms with E-state index in [2.05, 4.69) is 9.97 Å². The molecule has 2 heterocycles. The summed E-state index contributed by atoms with van der Waals surface area (Å²) in [5.41, 5.74) is 0.801. The Morgan fingerprint density at radius 3 is 2.75 bits per heavy atom. The Hall–Kier alpha value is -3.22. The molecular weight excluding hydrogens is 315 g/mol. The van der Waals surface area contributed by atoms with Crippen LogP contribution in [-0.2, 0) is 11.3 Å². The largest absolute Gasteiger partial charge is 0.481 e. The second-order valence-electron chi connectivity index (χ2n) is 4.77. The van der Waals surface area contributed by atoms with Crippen LogP contribution in [0.2, 0.25) is 0 Å². The van der Waals surface area contributed by atoms with Crippen LogP contribution in [0.1, 0.15) is 16.4 Å². The standard InChI is InChI=1S/C17H13FN2O4/c1-22-15-4-2-3-13(20-15)17(21)23-10-16-19-9-14(24-16)11-5-7-12(18)8-6-11/h2-9H,10H2,1H3. The van der Waals surface area contributed by atoms with Gasteiger partial charge in [0.05, 0.1) is 13.3 Å². The van der Waals surface area contributed by atoms with Gasteiger partial charge in [0, 0.05) is 11.6 Å². The molecule has 3 rings (SSSR count). The first-order valence-corrected chi connectivity index (χ1v) is 7.04. The minimum Gasteiger partial charge on any atom is -0.481 e. The summed E-state index contributed by atoms with van der Waals surface area (Å²) >= 11 is 0. The van der Waals surface area contributed by atoms with Gasteiger partial charge in [0.1, 0.15) is 5.82 Å². The summed E-state index contributed by atoms with van der Waals surface area (Å²) in [4.78, 5) is 20.0. The van der Waals surface area contributed by atoms with E-state index in [0.717, 1.165) is 0 Å². The summed E-state index contributed by atoms with van der Waals surface area (Å²) in [5, 5.41) is 0. The van der Waals surface area contributed by atoms with Crippen LogP contribution in [-0.4, -0.2) is 23.0 Å². The number of nitrogens with zero attached hydrogens (tertiary/aromatic N) is 2. The topological polar surface area (TPSA) is 74.5 Å². The number of ether oxygens (including phenoxy) is 2. The summed E-state index contributed by atoms with van der Waals surface area (Å²) in [6, 6.07) is 10.6. The molecule has 2 aromatic heterocycles. The Labute approximate surface area is 136 Å². The number of benzene rings is 1. The van der Waals surface area contributed by atoms with E-state index in [-0.39, 0.29) is 24.0 Å². The quantitative estimate of drug-likeness (QED) is 0.669. The van der Waals surface area contributed by atoms with Crippen molar-refractivity contribution < 1.29 is 23.1 Å². The zero-order valence-electron chi connectivity index (χ0n) is 12.7. The molecule has 6 nitrogen and oxygen atoms in total. The summed E-state index contributed by atoms with van der Waals surface area (Å²) < 4.78 is 28.5. The van der Waals surface area contributed by atoms with E-state index in [1.165, 1.54) is 31.5 Å². The lowest BCUT2D eigenvalue weighted by Gasteiger charge is -2.03. The van der Waals surface area contributed by atoms with Crippen molar-refractivity contribution in [2.45, 2.75) is 6.61 Å². The van der Waals surface area contributed by atoms with Crippen molar-refractivity contribution in [3.63, 3.8) is 0 Å². The number of methoxy groups -OCH3 is 1. The predicted octanol–water partition coefficient (Wildman–Crippen LogP) is 3.24. The van der Waals surface area contributed by atoms with Crippen LogP contribution in [0.25, 0.3) is 11.3 Å². The van der Waals surface area contributed by atoms with Gasteiger partial charge in [0.15, 0.2) is 18.1 Å². The number of esters is 1. The first-order chi connectivity index (χ1) is 11.7. The van der Waals surface area contributed by atoms with Gasteiger partial charge in [-0.3, -0.25) is 0 Å². The molecule has 1 aromatic carbocycles. The van der Waals surface area contributed by atoms with Crippen molar-refractivity contribution in [1.82, 2.24) is 9.97 Å². The zero-order valence-corrected chi connectivity index (χ0v) is 12.7. The molecule has 0 radical (unpaired) electrons. The molecule has 0 atom stereocenters. The molecule has 7 heteroatoms. The number of halogens is 1. The molecule has 0 N–H and O–H groups in total. The van der Waals surface area contributed by atoms with E-state index < -0.39 is 5.97 Å². The fourth-order valence-corrected chi connectivity index (χ4v) is 1.97. The van der Waals surface area contributed by atoms with Gasteiger partial charge in [0.25, 0.3) is 0 Å². The van der Waals surface area contributed by atoms with E-state index >= 15 is 0 Å².